The third-order valence-electron chi connectivity index (χ3n) is 14.3. The highest BCUT2D eigenvalue weighted by molar-refractivity contribution is 7.89. The smallest absolute Gasteiger partial charge is 0.404 e. The topological polar surface area (TPSA) is 209 Å². The summed E-state index contributed by atoms with van der Waals surface area (Å²) < 4.78 is 127. The molecule has 2 N–H and O–H groups in total. The lowest BCUT2D eigenvalue weighted by Crippen LogP contribution is -2.53. The monoisotopic (exact) mass is 1120 g/mol. The molecule has 0 saturated carbocycles. The lowest BCUT2D eigenvalue weighted by molar-refractivity contribution is -0.137. The number of benzene rings is 3. The molecule has 78 heavy (non-hydrogen) atoms. The van der Waals surface area contributed by atoms with Crippen LogP contribution < -0.4 is 5.73 Å². The molecule has 6 heterocycles. The van der Waals surface area contributed by atoms with Gasteiger partial charge < -0.3 is 5.73 Å². The Morgan fingerprint density at radius 1 is 0.756 bits per heavy atom. The summed E-state index contributed by atoms with van der Waals surface area (Å²) in [7, 11) is -6.36. The Bertz CT molecular complexity index is 3840. The number of alkyl halides is 3. The van der Waals surface area contributed by atoms with E-state index in [1.807, 2.05) is 13.0 Å². The molecule has 2 aliphatic heterocycles. The number of carbonyl (C=O) groups excluding carboxylic acids is 2. The number of piperidine rings is 2. The van der Waals surface area contributed by atoms with Crippen LogP contribution in [0.3, 0.4) is 0 Å². The molecule has 2 atom stereocenters. The summed E-state index contributed by atoms with van der Waals surface area (Å²) in [6.07, 6.45) is 7.39. The standard InChI is InChI=1S/C27H24F4N6O3S.C27H23FN4O3S2/c1-36-15-22(14-34-36)41(39,40)37-9-7-18-10-23(35-21-4-2-20(28)3-5-21)17(13-32)12-26(18,16-37)25(38)24-11-19(6-8-33-24)27(29,30)31;1-18-2-8-23(9-3-18)37(34,35)31-12-10-20-14-24-19(16-30-32(24)22-6-4-21(28)5-7-22)15-27(20,17-31)25(33)26-29-11-13-36-26/h2-6,8,10-11,13-15H,7,9,12,16,32H2,1H3;2-9,11,13-14,16H,10,12,15,17H2,1H3/t26-;27-/m00/s1. The van der Waals surface area contributed by atoms with Crippen LogP contribution in [0.25, 0.3) is 11.8 Å². The number of Topliss-reactive ketones (excluding diaryl/α,β-unsaturated/α-hetero) is 2. The molecule has 24 heteroatoms. The fraction of sp³-hybridized carbons (Fsp3) is 0.241. The number of hydrogen-bond donors (Lipinski definition) is 1. The first-order valence-electron chi connectivity index (χ1n) is 24.2. The first-order chi connectivity index (χ1) is 37.1. The van der Waals surface area contributed by atoms with Gasteiger partial charge in [0.1, 0.15) is 22.2 Å². The molecule has 0 radical (unpaired) electrons. The number of fused-ring (bicyclic) bond motifs is 3. The summed E-state index contributed by atoms with van der Waals surface area (Å²) in [5.74, 6) is -1.75. The molecule has 16 nitrogen and oxygen atoms in total. The van der Waals surface area contributed by atoms with Crippen molar-refractivity contribution in [2.24, 2.45) is 28.6 Å². The number of carbonyl (C=O) groups is 2. The maximum absolute atomic E-state index is 14.2. The molecular weight excluding hydrogens is 1080 g/mol. The Morgan fingerprint density at radius 2 is 1.38 bits per heavy atom. The predicted octanol–water partition coefficient (Wildman–Crippen LogP) is 8.86. The molecule has 2 saturated heterocycles. The van der Waals surface area contributed by atoms with Crippen LogP contribution in [0.15, 0.2) is 165 Å². The van der Waals surface area contributed by atoms with E-state index in [0.29, 0.717) is 52.1 Å². The molecule has 11 rings (SSSR count). The minimum absolute atomic E-state index is 0.000386. The first kappa shape index (κ1) is 53.7. The number of allylic oxidation sites excluding steroid dienone is 2. The molecule has 7 aromatic rings. The number of rotatable bonds is 10. The zero-order valence-corrected chi connectivity index (χ0v) is 44.1. The molecule has 0 bridgehead atoms. The summed E-state index contributed by atoms with van der Waals surface area (Å²) in [6, 6.07) is 19.6. The highest BCUT2D eigenvalue weighted by atomic mass is 32.2. The normalized spacial score (nSPS) is 20.9. The molecule has 4 aliphatic rings. The lowest BCUT2D eigenvalue weighted by Gasteiger charge is -2.45. The number of aliphatic imine (C=N–C) groups is 1. The van der Waals surface area contributed by atoms with Crippen molar-refractivity contribution in [2.75, 3.05) is 26.2 Å². The van der Waals surface area contributed by atoms with Crippen LogP contribution in [0, 0.1) is 29.4 Å². The summed E-state index contributed by atoms with van der Waals surface area (Å²) >= 11 is 1.25. The molecule has 2 fully saturated rings. The zero-order chi connectivity index (χ0) is 55.4. The van der Waals surface area contributed by atoms with Gasteiger partial charge in [-0.1, -0.05) is 28.8 Å². The van der Waals surface area contributed by atoms with Gasteiger partial charge in [0.2, 0.25) is 25.8 Å². The number of pyridine rings is 1. The highest BCUT2D eigenvalue weighted by Crippen LogP contribution is 2.49. The number of nitrogens with zero attached hydrogens (tertiary/aromatic N) is 9. The van der Waals surface area contributed by atoms with Crippen molar-refractivity contribution in [3.05, 3.63) is 195 Å². The van der Waals surface area contributed by atoms with Crippen molar-refractivity contribution in [2.45, 2.75) is 48.6 Å². The number of thiazole rings is 1. The van der Waals surface area contributed by atoms with Crippen molar-refractivity contribution in [3.8, 4) is 5.69 Å². The minimum atomic E-state index is -4.72. The molecular formula is C54H47F5N10O6S3. The van der Waals surface area contributed by atoms with Gasteiger partial charge in [-0.2, -0.15) is 32.0 Å². The van der Waals surface area contributed by atoms with E-state index in [4.69, 9.17) is 5.73 Å². The van der Waals surface area contributed by atoms with E-state index in [0.717, 1.165) is 39.0 Å². The van der Waals surface area contributed by atoms with E-state index in [2.05, 4.69) is 25.2 Å². The van der Waals surface area contributed by atoms with Gasteiger partial charge in [-0.3, -0.25) is 19.3 Å². The van der Waals surface area contributed by atoms with Crippen molar-refractivity contribution >= 4 is 60.4 Å². The number of hydrogen-bond acceptors (Lipinski definition) is 13. The van der Waals surface area contributed by atoms with Gasteiger partial charge in [0, 0.05) is 57.2 Å². The molecule has 3 aromatic carbocycles. The fourth-order valence-electron chi connectivity index (χ4n) is 10.3. The van der Waals surface area contributed by atoms with Crippen LogP contribution in [-0.2, 0) is 39.7 Å². The Morgan fingerprint density at radius 3 is 1.99 bits per heavy atom. The molecule has 402 valence electrons. The van der Waals surface area contributed by atoms with Gasteiger partial charge in [0.25, 0.3) is 0 Å². The van der Waals surface area contributed by atoms with E-state index in [1.54, 1.807) is 72.0 Å². The Balaban J connectivity index is 0.000000177. The van der Waals surface area contributed by atoms with Crippen molar-refractivity contribution in [1.29, 1.82) is 0 Å². The average Bonchev–Trinajstić information content (AvgIpc) is 4.28. The second-order valence-corrected chi connectivity index (χ2v) is 24.0. The summed E-state index contributed by atoms with van der Waals surface area (Å²) in [4.78, 5) is 41.0. The zero-order valence-electron chi connectivity index (χ0n) is 41.6. The largest absolute Gasteiger partial charge is 0.416 e. The highest BCUT2D eigenvalue weighted by Gasteiger charge is 2.53. The molecule has 2 aliphatic carbocycles. The van der Waals surface area contributed by atoms with Crippen LogP contribution in [0.5, 0.6) is 0 Å². The predicted molar refractivity (Wildman–Crippen MR) is 280 cm³/mol. The third kappa shape index (κ3) is 10.1. The number of sulfonamides is 2. The summed E-state index contributed by atoms with van der Waals surface area (Å²) in [6.45, 7) is 1.82. The minimum Gasteiger partial charge on any atom is -0.404 e. The number of halogens is 5. The second kappa shape index (κ2) is 20.6. The van der Waals surface area contributed by atoms with Crippen molar-refractivity contribution in [3.63, 3.8) is 0 Å². The van der Waals surface area contributed by atoms with Gasteiger partial charge >= 0.3 is 6.18 Å². The van der Waals surface area contributed by atoms with Crippen molar-refractivity contribution in [1.82, 2.24) is 38.1 Å². The van der Waals surface area contributed by atoms with Gasteiger partial charge in [0.15, 0.2) is 10.8 Å². The number of aromatic nitrogens is 6. The Labute approximate surface area is 448 Å². The van der Waals surface area contributed by atoms with Crippen LogP contribution in [0.4, 0.5) is 27.6 Å². The molecule has 4 aromatic heterocycles. The van der Waals surface area contributed by atoms with Gasteiger partial charge in [-0.15, -0.1) is 11.3 Å². The van der Waals surface area contributed by atoms with Gasteiger partial charge in [-0.25, -0.2) is 40.3 Å². The Kier molecular flexibility index (Phi) is 14.2. The van der Waals surface area contributed by atoms with E-state index >= 15 is 0 Å². The van der Waals surface area contributed by atoms with E-state index in [-0.39, 0.29) is 60.4 Å². The van der Waals surface area contributed by atoms with E-state index < -0.39 is 59.9 Å². The summed E-state index contributed by atoms with van der Waals surface area (Å²) in [5, 5.41) is 10.6. The van der Waals surface area contributed by atoms with Crippen LogP contribution >= 0.6 is 11.3 Å². The second-order valence-electron chi connectivity index (χ2n) is 19.2. The maximum Gasteiger partial charge on any atom is 0.416 e. The Hall–Kier alpha value is -7.64. The van der Waals surface area contributed by atoms with E-state index in [9.17, 15) is 48.4 Å². The summed E-state index contributed by atoms with van der Waals surface area (Å²) in [5.41, 5.74) is 7.52. The molecule has 0 amide bonds. The van der Waals surface area contributed by atoms with Crippen molar-refractivity contribution < 1.29 is 48.4 Å². The number of nitrogens with two attached hydrogens (primary N) is 1. The maximum atomic E-state index is 14.2. The number of ketones is 2. The SMILES string of the molecule is Cc1ccc(S(=O)(=O)N2CCC3=Cc4c(cnn4-c4ccc(F)cc4)C[C@]3(C(=O)c3nccs3)C2)cc1.Cn1cc(S(=O)(=O)N2CCC3=CC(=Nc4ccc(F)cc4)C(=CN)C[C@]3(C(=O)c3cc(C(F)(F)F)ccn3)C2)cn1. The lowest BCUT2D eigenvalue weighted by atomic mass is 9.64. The van der Waals surface area contributed by atoms with Crippen LogP contribution in [0.2, 0.25) is 0 Å². The fourth-order valence-corrected chi connectivity index (χ4v) is 14.0. The van der Waals surface area contributed by atoms with Gasteiger partial charge in [0.05, 0.1) is 56.5 Å². The van der Waals surface area contributed by atoms with Gasteiger partial charge in [-0.05, 0) is 135 Å². The number of aryl methyl sites for hydroxylation is 2. The first-order valence-corrected chi connectivity index (χ1v) is 28.0. The third-order valence-corrected chi connectivity index (χ3v) is 18.8. The van der Waals surface area contributed by atoms with Crippen LogP contribution in [-0.4, -0.2) is 98.4 Å². The van der Waals surface area contributed by atoms with Crippen LogP contribution in [0.1, 0.15) is 61.9 Å². The molecule has 0 spiro atoms. The quantitative estimate of drug-likeness (QED) is 0.101. The average molecular weight is 1120 g/mol. The molecule has 0 unspecified atom stereocenters. The van der Waals surface area contributed by atoms with E-state index in [1.165, 1.54) is 75.3 Å².